The number of carbonyl (C=O) groups is 2. The normalized spacial score (nSPS) is 11.7. The number of anilines is 3. The summed E-state index contributed by atoms with van der Waals surface area (Å²) < 4.78 is 45.5. The molecule has 4 N–H and O–H groups in total. The molecule has 6 aromatic rings. The van der Waals surface area contributed by atoms with Gasteiger partial charge in [0.05, 0.1) is 30.9 Å². The predicted molar refractivity (Wildman–Crippen MR) is 228 cm³/mol. The Labute approximate surface area is 344 Å². The van der Waals surface area contributed by atoms with Crippen LogP contribution in [0.25, 0.3) is 0 Å². The summed E-state index contributed by atoms with van der Waals surface area (Å²) in [7, 11) is -1.41. The molecule has 6 rings (SSSR count). The molecule has 0 aliphatic carbocycles. The molecule has 0 bridgehead atoms. The molecule has 0 saturated heterocycles. The van der Waals surface area contributed by atoms with Crippen LogP contribution in [-0.4, -0.2) is 57.9 Å². The largest absolute Gasteiger partial charge is 0.487 e. The molecule has 0 radical (unpaired) electrons. The third-order valence-electron chi connectivity index (χ3n) is 9.53. The number of amides is 2. The van der Waals surface area contributed by atoms with Crippen LogP contribution >= 0.6 is 0 Å². The lowest BCUT2D eigenvalue weighted by atomic mass is 9.90. The monoisotopic (exact) mass is 814 g/mol. The zero-order chi connectivity index (χ0) is 41.6. The standard InChI is InChI=1S/C46H46N4O8S/c1-56-45(52)47-38-23-18-35(19-24-38)41(36-20-25-39(26-21-36)48-46(53)57-2)30-50(29-33-12-6-3-7-13-33)31-43(51)37-22-27-44(58-32-34-14-8-4-9-15-34)42(28-37)49-59(54,55)40-16-10-5-11-17-40/h3-28,41,43,49,51H,29-32H2,1-2H3,(H,47,52)(H,48,53)/t43-/m0/s1. The molecular weight excluding hydrogens is 769 g/mol. The van der Waals surface area contributed by atoms with Crippen LogP contribution in [0.15, 0.2) is 163 Å². The first kappa shape index (κ1) is 41.9. The summed E-state index contributed by atoms with van der Waals surface area (Å²) in [6, 6.07) is 47.4. The van der Waals surface area contributed by atoms with Crippen molar-refractivity contribution in [3.8, 4) is 5.75 Å². The molecule has 1 atom stereocenters. The summed E-state index contributed by atoms with van der Waals surface area (Å²) >= 11 is 0. The number of methoxy groups -OCH3 is 2. The van der Waals surface area contributed by atoms with E-state index in [1.54, 1.807) is 60.7 Å². The number of nitrogens with one attached hydrogen (secondary N) is 3. The number of benzene rings is 6. The van der Waals surface area contributed by atoms with E-state index in [0.29, 0.717) is 35.8 Å². The second-order valence-corrected chi connectivity index (χ2v) is 15.4. The van der Waals surface area contributed by atoms with E-state index in [4.69, 9.17) is 14.2 Å². The minimum Gasteiger partial charge on any atom is -0.487 e. The second kappa shape index (κ2) is 20.1. The zero-order valence-corrected chi connectivity index (χ0v) is 33.5. The maximum atomic E-state index is 13.6. The highest BCUT2D eigenvalue weighted by atomic mass is 32.2. The number of carbonyl (C=O) groups excluding carboxylic acids is 2. The van der Waals surface area contributed by atoms with Crippen molar-refractivity contribution >= 4 is 39.3 Å². The molecule has 0 aromatic heterocycles. The molecule has 0 spiro atoms. The summed E-state index contributed by atoms with van der Waals surface area (Å²) in [5.41, 5.74) is 5.58. The van der Waals surface area contributed by atoms with Gasteiger partial charge in [0.15, 0.2) is 0 Å². The van der Waals surface area contributed by atoms with Crippen molar-refractivity contribution in [3.05, 3.63) is 186 Å². The third-order valence-corrected chi connectivity index (χ3v) is 10.9. The van der Waals surface area contributed by atoms with E-state index in [1.165, 1.54) is 26.4 Å². The number of hydrogen-bond acceptors (Lipinski definition) is 9. The maximum Gasteiger partial charge on any atom is 0.411 e. The Kier molecular flexibility index (Phi) is 14.3. The molecule has 6 aromatic carbocycles. The van der Waals surface area contributed by atoms with Crippen molar-refractivity contribution in [1.29, 1.82) is 0 Å². The average Bonchev–Trinajstić information content (AvgIpc) is 3.26. The summed E-state index contributed by atoms with van der Waals surface area (Å²) in [6.07, 6.45) is -2.23. The maximum absolute atomic E-state index is 13.6. The molecule has 2 amide bonds. The van der Waals surface area contributed by atoms with Gasteiger partial charge in [-0.25, -0.2) is 18.0 Å². The average molecular weight is 815 g/mol. The fourth-order valence-corrected chi connectivity index (χ4v) is 7.57. The van der Waals surface area contributed by atoms with Gasteiger partial charge in [0, 0.05) is 36.9 Å². The van der Waals surface area contributed by atoms with Gasteiger partial charge in [-0.1, -0.05) is 109 Å². The predicted octanol–water partition coefficient (Wildman–Crippen LogP) is 8.79. The summed E-state index contributed by atoms with van der Waals surface area (Å²) in [5, 5.41) is 17.4. The number of aliphatic hydroxyl groups excluding tert-OH is 1. The van der Waals surface area contributed by atoms with Gasteiger partial charge in [-0.05, 0) is 76.3 Å². The molecular formula is C46H46N4O8S. The smallest absolute Gasteiger partial charge is 0.411 e. The fraction of sp³-hybridized carbons (Fsp3) is 0.174. The molecule has 0 saturated carbocycles. The Hall–Kier alpha value is -6.67. The highest BCUT2D eigenvalue weighted by Crippen LogP contribution is 2.33. The lowest BCUT2D eigenvalue weighted by Gasteiger charge is -2.30. The van der Waals surface area contributed by atoms with E-state index in [-0.39, 0.29) is 29.7 Å². The molecule has 13 heteroatoms. The first-order valence-corrected chi connectivity index (χ1v) is 20.3. The van der Waals surface area contributed by atoms with Gasteiger partial charge >= 0.3 is 12.2 Å². The van der Waals surface area contributed by atoms with E-state index < -0.39 is 28.3 Å². The molecule has 12 nitrogen and oxygen atoms in total. The molecule has 0 aliphatic heterocycles. The minimum absolute atomic E-state index is 0.0864. The van der Waals surface area contributed by atoms with Crippen molar-refractivity contribution in [3.63, 3.8) is 0 Å². The first-order valence-electron chi connectivity index (χ1n) is 18.8. The van der Waals surface area contributed by atoms with E-state index in [2.05, 4.69) is 20.3 Å². The Morgan fingerprint density at radius 3 is 1.64 bits per heavy atom. The number of rotatable bonds is 17. The zero-order valence-electron chi connectivity index (χ0n) is 32.7. The van der Waals surface area contributed by atoms with Crippen LogP contribution in [0.3, 0.4) is 0 Å². The highest BCUT2D eigenvalue weighted by Gasteiger charge is 2.24. The third kappa shape index (κ3) is 11.9. The van der Waals surface area contributed by atoms with Gasteiger partial charge in [0.1, 0.15) is 12.4 Å². The molecule has 0 heterocycles. The van der Waals surface area contributed by atoms with Crippen molar-refractivity contribution < 1.29 is 37.3 Å². The van der Waals surface area contributed by atoms with E-state index in [0.717, 1.165) is 22.3 Å². The van der Waals surface area contributed by atoms with Gasteiger partial charge < -0.3 is 19.3 Å². The van der Waals surface area contributed by atoms with Crippen molar-refractivity contribution in [2.45, 2.75) is 30.1 Å². The summed E-state index contributed by atoms with van der Waals surface area (Å²) in [6.45, 7) is 1.29. The van der Waals surface area contributed by atoms with E-state index in [1.807, 2.05) is 84.9 Å². The van der Waals surface area contributed by atoms with Crippen molar-refractivity contribution in [2.24, 2.45) is 0 Å². The van der Waals surface area contributed by atoms with Gasteiger partial charge in [-0.2, -0.15) is 0 Å². The van der Waals surface area contributed by atoms with Crippen LogP contribution in [0.2, 0.25) is 0 Å². The van der Waals surface area contributed by atoms with Crippen LogP contribution < -0.4 is 20.1 Å². The Balaban J connectivity index is 1.32. The topological polar surface area (TPSA) is 156 Å². The number of aliphatic hydroxyl groups is 1. The van der Waals surface area contributed by atoms with Gasteiger partial charge in [-0.3, -0.25) is 20.3 Å². The van der Waals surface area contributed by atoms with Crippen molar-refractivity contribution in [2.75, 3.05) is 42.7 Å². The number of ether oxygens (including phenoxy) is 3. The van der Waals surface area contributed by atoms with Crippen LogP contribution in [0, 0.1) is 0 Å². The quantitative estimate of drug-likeness (QED) is 0.0707. The van der Waals surface area contributed by atoms with Crippen molar-refractivity contribution in [1.82, 2.24) is 4.90 Å². The molecule has 0 fully saturated rings. The Morgan fingerprint density at radius 2 is 1.12 bits per heavy atom. The van der Waals surface area contributed by atoms with Crippen LogP contribution in [-0.2, 0) is 32.6 Å². The van der Waals surface area contributed by atoms with E-state index in [9.17, 15) is 23.1 Å². The lowest BCUT2D eigenvalue weighted by molar-refractivity contribution is 0.107. The molecule has 0 unspecified atom stereocenters. The second-order valence-electron chi connectivity index (χ2n) is 13.7. The minimum atomic E-state index is -4.01. The highest BCUT2D eigenvalue weighted by molar-refractivity contribution is 7.92. The van der Waals surface area contributed by atoms with Gasteiger partial charge in [0.2, 0.25) is 0 Å². The Morgan fingerprint density at radius 1 is 0.627 bits per heavy atom. The number of hydrogen-bond donors (Lipinski definition) is 4. The lowest BCUT2D eigenvalue weighted by Crippen LogP contribution is -2.33. The number of sulfonamides is 1. The SMILES string of the molecule is COC(=O)Nc1ccc(C(CN(Cc2ccccc2)C[C@H](O)c2ccc(OCc3ccccc3)c(NS(=O)(=O)c3ccccc3)c2)c2ccc(NC(=O)OC)cc2)cc1. The Bertz CT molecular complexity index is 2320. The van der Waals surface area contributed by atoms with Crippen LogP contribution in [0.5, 0.6) is 5.75 Å². The van der Waals surface area contributed by atoms with Gasteiger partial charge in [0.25, 0.3) is 10.0 Å². The molecule has 0 aliphatic rings. The number of nitrogens with zero attached hydrogens (tertiary/aromatic N) is 1. The van der Waals surface area contributed by atoms with Crippen LogP contribution in [0.1, 0.15) is 39.8 Å². The van der Waals surface area contributed by atoms with Gasteiger partial charge in [-0.15, -0.1) is 0 Å². The van der Waals surface area contributed by atoms with Crippen LogP contribution in [0.4, 0.5) is 26.7 Å². The van der Waals surface area contributed by atoms with E-state index >= 15 is 0 Å². The first-order chi connectivity index (χ1) is 28.6. The summed E-state index contributed by atoms with van der Waals surface area (Å²) in [5.74, 6) is 0.0630. The summed E-state index contributed by atoms with van der Waals surface area (Å²) in [4.78, 5) is 26.0. The fourth-order valence-electron chi connectivity index (χ4n) is 6.49. The molecule has 59 heavy (non-hydrogen) atoms. The molecule has 304 valence electrons.